The first kappa shape index (κ1) is 19.0. The molecular weight excluding hydrogens is 348 g/mol. The minimum Gasteiger partial charge on any atom is -0.379 e. The molecule has 1 N–H and O–H groups in total. The fourth-order valence-corrected chi connectivity index (χ4v) is 4.24. The second-order valence-electron chi connectivity index (χ2n) is 6.66. The molecule has 6 heteroatoms. The molecule has 0 bridgehead atoms. The number of morpholine rings is 1. The minimum absolute atomic E-state index is 0.0986. The number of sulfonamides is 1. The summed E-state index contributed by atoms with van der Waals surface area (Å²) in [5.74, 6) is 0. The van der Waals surface area contributed by atoms with E-state index in [1.54, 1.807) is 12.1 Å². The first-order valence-corrected chi connectivity index (χ1v) is 10.4. The molecule has 2 aromatic rings. The van der Waals surface area contributed by atoms with Crippen LogP contribution in [0.15, 0.2) is 59.5 Å². The van der Waals surface area contributed by atoms with Gasteiger partial charge in [-0.2, -0.15) is 0 Å². The van der Waals surface area contributed by atoms with E-state index >= 15 is 0 Å². The Bertz CT molecular complexity index is 786. The molecular formula is C20H26N2O3S. The average molecular weight is 375 g/mol. The Morgan fingerprint density at radius 3 is 2.35 bits per heavy atom. The van der Waals surface area contributed by atoms with Crippen LogP contribution in [0, 0.1) is 6.92 Å². The second kappa shape index (κ2) is 8.77. The van der Waals surface area contributed by atoms with Gasteiger partial charge in [-0.25, -0.2) is 13.1 Å². The number of ether oxygens (including phenoxy) is 1. The predicted octanol–water partition coefficient (Wildman–Crippen LogP) is 2.22. The molecule has 1 saturated heterocycles. The van der Waals surface area contributed by atoms with E-state index in [1.165, 1.54) is 5.56 Å². The first-order valence-electron chi connectivity index (χ1n) is 8.97. The molecule has 0 radical (unpaired) electrons. The maximum Gasteiger partial charge on any atom is 0.240 e. The summed E-state index contributed by atoms with van der Waals surface area (Å²) in [7, 11) is -3.51. The Balaban J connectivity index is 1.71. The molecule has 1 atom stereocenters. The van der Waals surface area contributed by atoms with E-state index < -0.39 is 10.0 Å². The van der Waals surface area contributed by atoms with Gasteiger partial charge in [-0.1, -0.05) is 48.0 Å². The van der Waals surface area contributed by atoms with Crippen LogP contribution in [0.5, 0.6) is 0 Å². The summed E-state index contributed by atoms with van der Waals surface area (Å²) in [6.45, 7) is 5.35. The van der Waals surface area contributed by atoms with Gasteiger partial charge in [0, 0.05) is 25.7 Å². The van der Waals surface area contributed by atoms with Crippen LogP contribution in [-0.4, -0.2) is 52.2 Å². The minimum atomic E-state index is -3.51. The second-order valence-corrected chi connectivity index (χ2v) is 8.42. The van der Waals surface area contributed by atoms with E-state index in [-0.39, 0.29) is 6.04 Å². The lowest BCUT2D eigenvalue weighted by molar-refractivity contribution is 0.0177. The Hall–Kier alpha value is -1.73. The highest BCUT2D eigenvalue weighted by atomic mass is 32.2. The van der Waals surface area contributed by atoms with Crippen molar-refractivity contribution in [2.45, 2.75) is 24.3 Å². The maximum atomic E-state index is 12.6. The van der Waals surface area contributed by atoms with Crippen LogP contribution < -0.4 is 4.72 Å². The maximum absolute atomic E-state index is 12.6. The highest BCUT2D eigenvalue weighted by Crippen LogP contribution is 2.14. The van der Waals surface area contributed by atoms with E-state index in [0.29, 0.717) is 24.7 Å². The van der Waals surface area contributed by atoms with Gasteiger partial charge in [0.05, 0.1) is 18.1 Å². The molecule has 26 heavy (non-hydrogen) atoms. The van der Waals surface area contributed by atoms with Crippen molar-refractivity contribution >= 4 is 10.0 Å². The fourth-order valence-electron chi connectivity index (χ4n) is 3.17. The summed E-state index contributed by atoms with van der Waals surface area (Å²) in [4.78, 5) is 2.62. The third kappa shape index (κ3) is 5.14. The number of aryl methyl sites for hydroxylation is 1. The number of nitrogens with zero attached hydrogens (tertiary/aromatic N) is 1. The molecule has 1 heterocycles. The standard InChI is InChI=1S/C20H26N2O3S/c1-17-7-9-20(10-8-17)26(23,24)21-16-19(22-11-13-25-14-12-22)15-18-5-3-2-4-6-18/h2-10,19,21H,11-16H2,1H3. The molecule has 0 aliphatic carbocycles. The van der Waals surface area contributed by atoms with E-state index in [2.05, 4.69) is 21.8 Å². The molecule has 0 amide bonds. The van der Waals surface area contributed by atoms with Gasteiger partial charge in [-0.05, 0) is 31.0 Å². The molecule has 0 aromatic heterocycles. The summed E-state index contributed by atoms with van der Waals surface area (Å²) in [6, 6.07) is 17.2. The molecule has 5 nitrogen and oxygen atoms in total. The summed E-state index contributed by atoms with van der Waals surface area (Å²) in [5, 5.41) is 0. The molecule has 0 spiro atoms. The zero-order valence-electron chi connectivity index (χ0n) is 15.1. The number of hydrogen-bond acceptors (Lipinski definition) is 4. The lowest BCUT2D eigenvalue weighted by Gasteiger charge is -2.34. The highest BCUT2D eigenvalue weighted by molar-refractivity contribution is 7.89. The van der Waals surface area contributed by atoms with E-state index in [9.17, 15) is 8.42 Å². The molecule has 2 aromatic carbocycles. The van der Waals surface area contributed by atoms with Gasteiger partial charge in [-0.3, -0.25) is 4.90 Å². The summed E-state index contributed by atoms with van der Waals surface area (Å²) in [5.41, 5.74) is 2.25. The van der Waals surface area contributed by atoms with Crippen molar-refractivity contribution < 1.29 is 13.2 Å². The van der Waals surface area contributed by atoms with E-state index in [0.717, 1.165) is 25.1 Å². The van der Waals surface area contributed by atoms with Crippen LogP contribution >= 0.6 is 0 Å². The summed E-state index contributed by atoms with van der Waals surface area (Å²) >= 11 is 0. The summed E-state index contributed by atoms with van der Waals surface area (Å²) < 4.78 is 33.5. The van der Waals surface area contributed by atoms with Gasteiger partial charge in [0.15, 0.2) is 0 Å². The molecule has 3 rings (SSSR count). The largest absolute Gasteiger partial charge is 0.379 e. The van der Waals surface area contributed by atoms with Crippen LogP contribution in [-0.2, 0) is 21.2 Å². The molecule has 1 aliphatic rings. The Kier molecular flexibility index (Phi) is 6.43. The molecule has 140 valence electrons. The van der Waals surface area contributed by atoms with Gasteiger partial charge in [0.25, 0.3) is 0 Å². The lowest BCUT2D eigenvalue weighted by Crippen LogP contribution is -2.49. The molecule has 1 fully saturated rings. The van der Waals surface area contributed by atoms with Crippen molar-refractivity contribution in [3.63, 3.8) is 0 Å². The van der Waals surface area contributed by atoms with E-state index in [4.69, 9.17) is 4.74 Å². The third-order valence-electron chi connectivity index (χ3n) is 4.72. The first-order chi connectivity index (χ1) is 12.5. The Morgan fingerprint density at radius 1 is 1.04 bits per heavy atom. The topological polar surface area (TPSA) is 58.6 Å². The van der Waals surface area contributed by atoms with Crippen LogP contribution in [0.25, 0.3) is 0 Å². The number of nitrogens with one attached hydrogen (secondary N) is 1. The Morgan fingerprint density at radius 2 is 1.69 bits per heavy atom. The highest BCUT2D eigenvalue weighted by Gasteiger charge is 2.24. The van der Waals surface area contributed by atoms with Crippen molar-refractivity contribution in [1.82, 2.24) is 9.62 Å². The fraction of sp³-hybridized carbons (Fsp3) is 0.400. The monoisotopic (exact) mass is 374 g/mol. The SMILES string of the molecule is Cc1ccc(S(=O)(=O)NCC(Cc2ccccc2)N2CCOCC2)cc1. The van der Waals surface area contributed by atoms with Gasteiger partial charge < -0.3 is 4.74 Å². The average Bonchev–Trinajstić information content (AvgIpc) is 2.67. The smallest absolute Gasteiger partial charge is 0.240 e. The quantitative estimate of drug-likeness (QED) is 0.807. The number of hydrogen-bond donors (Lipinski definition) is 1. The third-order valence-corrected chi connectivity index (χ3v) is 6.16. The van der Waals surface area contributed by atoms with Gasteiger partial charge in [0.2, 0.25) is 10.0 Å². The number of rotatable bonds is 7. The molecule has 1 aliphatic heterocycles. The number of benzene rings is 2. The van der Waals surface area contributed by atoms with Crippen LogP contribution in [0.3, 0.4) is 0 Å². The zero-order valence-corrected chi connectivity index (χ0v) is 15.9. The van der Waals surface area contributed by atoms with Gasteiger partial charge >= 0.3 is 0 Å². The molecule has 1 unspecified atom stereocenters. The van der Waals surface area contributed by atoms with Crippen molar-refractivity contribution in [2.24, 2.45) is 0 Å². The van der Waals surface area contributed by atoms with Crippen LogP contribution in [0.1, 0.15) is 11.1 Å². The van der Waals surface area contributed by atoms with Crippen molar-refractivity contribution in [1.29, 1.82) is 0 Å². The normalized spacial score (nSPS) is 17.1. The van der Waals surface area contributed by atoms with Gasteiger partial charge in [-0.15, -0.1) is 0 Å². The molecule has 0 saturated carbocycles. The predicted molar refractivity (Wildman–Crippen MR) is 103 cm³/mol. The van der Waals surface area contributed by atoms with Crippen LogP contribution in [0.2, 0.25) is 0 Å². The van der Waals surface area contributed by atoms with Crippen molar-refractivity contribution in [3.05, 3.63) is 65.7 Å². The Labute approximate surface area is 156 Å². The van der Waals surface area contributed by atoms with Crippen molar-refractivity contribution in [3.8, 4) is 0 Å². The zero-order chi connectivity index (χ0) is 18.4. The van der Waals surface area contributed by atoms with Gasteiger partial charge in [0.1, 0.15) is 0 Å². The van der Waals surface area contributed by atoms with E-state index in [1.807, 2.05) is 37.3 Å². The van der Waals surface area contributed by atoms with Crippen LogP contribution in [0.4, 0.5) is 0 Å². The van der Waals surface area contributed by atoms with Crippen molar-refractivity contribution in [2.75, 3.05) is 32.8 Å². The summed E-state index contributed by atoms with van der Waals surface area (Å²) in [6.07, 6.45) is 0.803. The lowest BCUT2D eigenvalue weighted by atomic mass is 10.0.